The zero-order chi connectivity index (χ0) is 8.91. The topological polar surface area (TPSA) is 89.5 Å². The second kappa shape index (κ2) is 7.06. The molecule has 0 aromatic heterocycles. The SMILES string of the molecule is CC(=O)NCCCP(=O)([O-])O.[Na+]. The van der Waals surface area contributed by atoms with Gasteiger partial charge in [-0.1, -0.05) is 0 Å². The molecule has 5 nitrogen and oxygen atoms in total. The molecule has 7 heteroatoms. The van der Waals surface area contributed by atoms with Crippen LogP contribution in [0.1, 0.15) is 13.3 Å². The molecule has 0 spiro atoms. The second-order valence-electron chi connectivity index (χ2n) is 2.20. The fourth-order valence-electron chi connectivity index (χ4n) is 0.543. The number of amides is 1. The van der Waals surface area contributed by atoms with E-state index in [1.54, 1.807) is 0 Å². The van der Waals surface area contributed by atoms with Gasteiger partial charge in [-0.2, -0.15) is 0 Å². The summed E-state index contributed by atoms with van der Waals surface area (Å²) in [5.41, 5.74) is 0. The van der Waals surface area contributed by atoms with Crippen molar-refractivity contribution in [2.75, 3.05) is 12.7 Å². The van der Waals surface area contributed by atoms with Crippen LogP contribution in [0.4, 0.5) is 0 Å². The van der Waals surface area contributed by atoms with Gasteiger partial charge >= 0.3 is 29.6 Å². The van der Waals surface area contributed by atoms with Crippen LogP contribution in [0.3, 0.4) is 0 Å². The van der Waals surface area contributed by atoms with Gasteiger partial charge in [0.25, 0.3) is 0 Å². The minimum atomic E-state index is -4.13. The first kappa shape index (κ1) is 15.1. The predicted molar refractivity (Wildman–Crippen MR) is 38.0 cm³/mol. The molecule has 0 bridgehead atoms. The number of hydrogen-bond acceptors (Lipinski definition) is 3. The van der Waals surface area contributed by atoms with E-state index >= 15 is 0 Å². The smallest absolute Gasteiger partial charge is 0.779 e. The molecule has 0 aliphatic rings. The Morgan fingerprint density at radius 2 is 2.17 bits per heavy atom. The van der Waals surface area contributed by atoms with Crippen molar-refractivity contribution in [1.29, 1.82) is 0 Å². The minimum Gasteiger partial charge on any atom is -0.779 e. The van der Waals surface area contributed by atoms with E-state index in [1.807, 2.05) is 0 Å². The van der Waals surface area contributed by atoms with Crippen molar-refractivity contribution in [3.05, 3.63) is 0 Å². The van der Waals surface area contributed by atoms with E-state index in [0.29, 0.717) is 0 Å². The van der Waals surface area contributed by atoms with Gasteiger partial charge < -0.3 is 19.7 Å². The van der Waals surface area contributed by atoms with Gasteiger partial charge in [-0.25, -0.2) is 0 Å². The van der Waals surface area contributed by atoms with Gasteiger partial charge in [-0.3, -0.25) is 4.79 Å². The van der Waals surface area contributed by atoms with Crippen LogP contribution in [0, 0.1) is 0 Å². The Hall–Kier alpha value is 0.620. The molecule has 0 aromatic carbocycles. The van der Waals surface area contributed by atoms with Crippen molar-refractivity contribution in [2.45, 2.75) is 13.3 Å². The van der Waals surface area contributed by atoms with E-state index in [4.69, 9.17) is 4.89 Å². The molecule has 2 N–H and O–H groups in total. The largest absolute Gasteiger partial charge is 1.00 e. The maximum atomic E-state index is 10.2. The average molecular weight is 203 g/mol. The summed E-state index contributed by atoms with van der Waals surface area (Å²) in [4.78, 5) is 28.7. The third-order valence-electron chi connectivity index (χ3n) is 0.991. The molecule has 0 heterocycles. The fraction of sp³-hybridized carbons (Fsp3) is 0.800. The minimum absolute atomic E-state index is 0. The summed E-state index contributed by atoms with van der Waals surface area (Å²) < 4.78 is 10.1. The van der Waals surface area contributed by atoms with Crippen LogP contribution in [-0.4, -0.2) is 23.5 Å². The van der Waals surface area contributed by atoms with Gasteiger partial charge in [0.15, 0.2) is 0 Å². The molecule has 0 aliphatic carbocycles. The first-order valence-corrected chi connectivity index (χ1v) is 4.95. The molecule has 1 unspecified atom stereocenters. The Morgan fingerprint density at radius 1 is 1.67 bits per heavy atom. The Balaban J connectivity index is 0. The molecule has 1 amide bonds. The van der Waals surface area contributed by atoms with Gasteiger partial charge in [0.1, 0.15) is 7.60 Å². The van der Waals surface area contributed by atoms with Crippen molar-refractivity contribution < 1.29 is 48.7 Å². The van der Waals surface area contributed by atoms with Gasteiger partial charge in [-0.05, 0) is 6.42 Å². The number of nitrogens with one attached hydrogen (secondary N) is 1. The Kier molecular flexibility index (Phi) is 8.89. The molecule has 66 valence electrons. The molecule has 0 saturated carbocycles. The van der Waals surface area contributed by atoms with Crippen molar-refractivity contribution >= 4 is 13.5 Å². The summed E-state index contributed by atoms with van der Waals surface area (Å²) in [6.07, 6.45) is -0.0376. The normalized spacial score (nSPS) is 14.2. The Bertz CT molecular complexity index is 180. The molecule has 1 atom stereocenters. The molecule has 0 aromatic rings. The van der Waals surface area contributed by atoms with Gasteiger partial charge in [0.2, 0.25) is 5.91 Å². The van der Waals surface area contributed by atoms with Gasteiger partial charge in [0, 0.05) is 19.6 Å². The van der Waals surface area contributed by atoms with Crippen LogP contribution < -0.4 is 39.8 Å². The second-order valence-corrected chi connectivity index (χ2v) is 3.92. The molecule has 12 heavy (non-hydrogen) atoms. The van der Waals surface area contributed by atoms with Crippen molar-refractivity contribution in [2.24, 2.45) is 0 Å². The van der Waals surface area contributed by atoms with E-state index in [9.17, 15) is 14.3 Å². The van der Waals surface area contributed by atoms with Crippen LogP contribution in [0.5, 0.6) is 0 Å². The quantitative estimate of drug-likeness (QED) is 0.277. The van der Waals surface area contributed by atoms with Crippen LogP contribution >= 0.6 is 7.60 Å². The first-order valence-electron chi connectivity index (χ1n) is 3.19. The van der Waals surface area contributed by atoms with Gasteiger partial charge in [-0.15, -0.1) is 0 Å². The summed E-state index contributed by atoms with van der Waals surface area (Å²) in [5.74, 6) is -0.205. The van der Waals surface area contributed by atoms with Crippen LogP contribution in [-0.2, 0) is 9.36 Å². The number of carbonyl (C=O) groups excluding carboxylic acids is 1. The number of hydrogen-bond donors (Lipinski definition) is 2. The molecule has 0 radical (unpaired) electrons. The van der Waals surface area contributed by atoms with E-state index in [-0.39, 0.29) is 54.6 Å². The van der Waals surface area contributed by atoms with E-state index in [0.717, 1.165) is 0 Å². The molecule has 0 saturated heterocycles. The third-order valence-corrected chi connectivity index (χ3v) is 1.87. The summed E-state index contributed by atoms with van der Waals surface area (Å²) in [6, 6.07) is 0. The first-order chi connectivity index (χ1) is 4.92. The van der Waals surface area contributed by atoms with Crippen molar-refractivity contribution in [3.8, 4) is 0 Å². The maximum absolute atomic E-state index is 10.2. The van der Waals surface area contributed by atoms with E-state index < -0.39 is 7.60 Å². The summed E-state index contributed by atoms with van der Waals surface area (Å²) >= 11 is 0. The molecular formula is C5H11NNaO4P. The van der Waals surface area contributed by atoms with Crippen molar-refractivity contribution in [3.63, 3.8) is 0 Å². The predicted octanol–water partition coefficient (Wildman–Crippen LogP) is -3.94. The Morgan fingerprint density at radius 3 is 2.50 bits per heavy atom. The standard InChI is InChI=1S/C5H12NO4P.Na/c1-5(7)6-3-2-4-11(8,9)10;/h2-4H2,1H3,(H,6,7)(H2,8,9,10);/q;+1/p-1. The Labute approximate surface area is 93.4 Å². The molecule has 0 rings (SSSR count). The zero-order valence-corrected chi connectivity index (χ0v) is 10.1. The summed E-state index contributed by atoms with van der Waals surface area (Å²) in [6.45, 7) is 1.62. The van der Waals surface area contributed by atoms with Crippen molar-refractivity contribution in [1.82, 2.24) is 5.32 Å². The van der Waals surface area contributed by atoms with E-state index in [1.165, 1.54) is 6.92 Å². The van der Waals surface area contributed by atoms with Crippen LogP contribution in [0.25, 0.3) is 0 Å². The maximum Gasteiger partial charge on any atom is 1.00 e. The molecule has 0 aliphatic heterocycles. The number of carbonyl (C=O) groups is 1. The monoisotopic (exact) mass is 203 g/mol. The summed E-state index contributed by atoms with van der Waals surface area (Å²) in [7, 11) is -4.13. The third kappa shape index (κ3) is 13.2. The van der Waals surface area contributed by atoms with Crippen LogP contribution in [0.2, 0.25) is 0 Å². The molecular weight excluding hydrogens is 192 g/mol. The van der Waals surface area contributed by atoms with Crippen LogP contribution in [0.15, 0.2) is 0 Å². The fourth-order valence-corrected chi connectivity index (χ4v) is 1.10. The zero-order valence-electron chi connectivity index (χ0n) is 7.24. The summed E-state index contributed by atoms with van der Waals surface area (Å²) in [5, 5.41) is 2.41. The van der Waals surface area contributed by atoms with Gasteiger partial charge in [0.05, 0.1) is 0 Å². The average Bonchev–Trinajstić information content (AvgIpc) is 1.78. The number of rotatable bonds is 4. The molecule has 0 fully saturated rings. The van der Waals surface area contributed by atoms with E-state index in [2.05, 4.69) is 5.32 Å².